The van der Waals surface area contributed by atoms with Gasteiger partial charge in [0.1, 0.15) is 0 Å². The Morgan fingerprint density at radius 1 is 1.36 bits per heavy atom. The van der Waals surface area contributed by atoms with Gasteiger partial charge in [0.25, 0.3) is 5.91 Å². The fourth-order valence-corrected chi connectivity index (χ4v) is 2.67. The summed E-state index contributed by atoms with van der Waals surface area (Å²) in [6.07, 6.45) is 1.80. The molecule has 0 saturated carbocycles. The highest BCUT2D eigenvalue weighted by Gasteiger charge is 2.26. The van der Waals surface area contributed by atoms with E-state index in [0.29, 0.717) is 42.1 Å². The number of fused-ring (bicyclic) bond motifs is 1. The molecular weight excluding hydrogens is 282 g/mol. The quantitative estimate of drug-likeness (QED) is 0.863. The van der Waals surface area contributed by atoms with Gasteiger partial charge in [-0.3, -0.25) is 9.59 Å². The summed E-state index contributed by atoms with van der Waals surface area (Å²) in [6.45, 7) is 2.19. The summed E-state index contributed by atoms with van der Waals surface area (Å²) in [5, 5.41) is 3.82. The van der Waals surface area contributed by atoms with E-state index >= 15 is 0 Å². The lowest BCUT2D eigenvalue weighted by molar-refractivity contribution is 0.0768. The van der Waals surface area contributed by atoms with Gasteiger partial charge in [-0.2, -0.15) is 4.98 Å². The van der Waals surface area contributed by atoms with E-state index in [1.165, 1.54) is 4.90 Å². The van der Waals surface area contributed by atoms with Crippen LogP contribution in [0, 0.1) is 0 Å². The maximum atomic E-state index is 12.6. The van der Waals surface area contributed by atoms with Crippen molar-refractivity contribution in [2.45, 2.75) is 32.7 Å². The fraction of sp³-hybridized carbons (Fsp3) is 0.375. The van der Waals surface area contributed by atoms with Gasteiger partial charge in [-0.15, -0.1) is 0 Å². The summed E-state index contributed by atoms with van der Waals surface area (Å²) in [5.74, 6) is 1.01. The molecule has 0 aliphatic heterocycles. The molecule has 3 rings (SSSR count). The zero-order valence-corrected chi connectivity index (χ0v) is 12.6. The summed E-state index contributed by atoms with van der Waals surface area (Å²) in [7, 11) is 1.69. The fourth-order valence-electron chi connectivity index (χ4n) is 2.67. The molecule has 1 amide bonds. The first-order valence-electron chi connectivity index (χ1n) is 7.32. The van der Waals surface area contributed by atoms with Crippen molar-refractivity contribution in [1.82, 2.24) is 15.0 Å². The van der Waals surface area contributed by atoms with E-state index in [2.05, 4.69) is 10.1 Å². The molecule has 0 bridgehead atoms. The van der Waals surface area contributed by atoms with Crippen molar-refractivity contribution in [2.24, 2.45) is 0 Å². The zero-order valence-electron chi connectivity index (χ0n) is 12.6. The predicted octanol–water partition coefficient (Wildman–Crippen LogP) is 2.03. The minimum atomic E-state index is -0.136. The average Bonchev–Trinajstić information content (AvgIpc) is 3.13. The SMILES string of the molecule is CCc1noc(CN(C)C(=O)c2cccc3c2CCC3=O)n1. The van der Waals surface area contributed by atoms with Gasteiger partial charge in [-0.1, -0.05) is 24.2 Å². The highest BCUT2D eigenvalue weighted by Crippen LogP contribution is 2.26. The van der Waals surface area contributed by atoms with Gasteiger partial charge in [0.2, 0.25) is 5.89 Å². The molecule has 1 aliphatic rings. The van der Waals surface area contributed by atoms with Crippen molar-refractivity contribution in [3.8, 4) is 0 Å². The molecule has 1 aromatic heterocycles. The van der Waals surface area contributed by atoms with Crippen molar-refractivity contribution < 1.29 is 14.1 Å². The summed E-state index contributed by atoms with van der Waals surface area (Å²) in [5.41, 5.74) is 2.11. The third-order valence-electron chi connectivity index (χ3n) is 3.85. The van der Waals surface area contributed by atoms with Crippen LogP contribution >= 0.6 is 0 Å². The second-order valence-electron chi connectivity index (χ2n) is 5.37. The largest absolute Gasteiger partial charge is 0.337 e. The highest BCUT2D eigenvalue weighted by atomic mass is 16.5. The van der Waals surface area contributed by atoms with Gasteiger partial charge in [-0.25, -0.2) is 0 Å². The summed E-state index contributed by atoms with van der Waals surface area (Å²) >= 11 is 0. The number of rotatable bonds is 4. The second-order valence-corrected chi connectivity index (χ2v) is 5.37. The predicted molar refractivity (Wildman–Crippen MR) is 78.6 cm³/mol. The van der Waals surface area contributed by atoms with Crippen LogP contribution in [0.1, 0.15) is 51.3 Å². The monoisotopic (exact) mass is 299 g/mol. The Morgan fingerprint density at radius 3 is 2.91 bits per heavy atom. The Balaban J connectivity index is 1.80. The number of Topliss-reactive ketones (excluding diaryl/α,β-unsaturated/α-hetero) is 1. The maximum Gasteiger partial charge on any atom is 0.254 e. The first kappa shape index (κ1) is 14.4. The van der Waals surface area contributed by atoms with Gasteiger partial charge in [0.15, 0.2) is 11.6 Å². The topological polar surface area (TPSA) is 76.3 Å². The summed E-state index contributed by atoms with van der Waals surface area (Å²) in [4.78, 5) is 30.1. The first-order chi connectivity index (χ1) is 10.6. The van der Waals surface area contributed by atoms with E-state index in [-0.39, 0.29) is 18.2 Å². The lowest BCUT2D eigenvalue weighted by atomic mass is 10.0. The Labute approximate surface area is 128 Å². The van der Waals surface area contributed by atoms with Crippen LogP contribution in [-0.4, -0.2) is 33.8 Å². The standard InChI is InChI=1S/C16H17N3O3/c1-3-14-17-15(22-18-14)9-19(2)16(21)12-6-4-5-11-10(12)7-8-13(11)20/h4-6H,3,7-9H2,1-2H3. The molecule has 0 spiro atoms. The van der Waals surface area contributed by atoms with E-state index in [0.717, 1.165) is 5.56 Å². The zero-order chi connectivity index (χ0) is 15.7. The van der Waals surface area contributed by atoms with E-state index in [4.69, 9.17) is 4.52 Å². The number of aromatic nitrogens is 2. The lowest BCUT2D eigenvalue weighted by Crippen LogP contribution is -2.27. The van der Waals surface area contributed by atoms with Crippen molar-refractivity contribution in [1.29, 1.82) is 0 Å². The van der Waals surface area contributed by atoms with Crippen LogP contribution < -0.4 is 0 Å². The van der Waals surface area contributed by atoms with Crippen LogP contribution in [0.25, 0.3) is 0 Å². The number of aryl methyl sites for hydroxylation is 1. The Bertz CT molecular complexity index is 736. The number of hydrogen-bond donors (Lipinski definition) is 0. The molecule has 0 atom stereocenters. The molecule has 1 heterocycles. The Kier molecular flexibility index (Phi) is 3.75. The minimum absolute atomic E-state index is 0.108. The second kappa shape index (κ2) is 5.71. The number of ketones is 1. The Morgan fingerprint density at radius 2 is 2.18 bits per heavy atom. The molecule has 0 radical (unpaired) electrons. The van der Waals surface area contributed by atoms with Crippen LogP contribution in [-0.2, 0) is 19.4 Å². The van der Waals surface area contributed by atoms with Gasteiger partial charge in [-0.05, 0) is 18.1 Å². The average molecular weight is 299 g/mol. The van der Waals surface area contributed by atoms with Gasteiger partial charge >= 0.3 is 0 Å². The molecule has 2 aromatic rings. The highest BCUT2D eigenvalue weighted by molar-refractivity contribution is 6.05. The minimum Gasteiger partial charge on any atom is -0.337 e. The van der Waals surface area contributed by atoms with Gasteiger partial charge < -0.3 is 9.42 Å². The van der Waals surface area contributed by atoms with Crippen LogP contribution in [0.5, 0.6) is 0 Å². The van der Waals surface area contributed by atoms with E-state index < -0.39 is 0 Å². The molecule has 1 aliphatic carbocycles. The third-order valence-corrected chi connectivity index (χ3v) is 3.85. The lowest BCUT2D eigenvalue weighted by Gasteiger charge is -2.16. The molecule has 6 nitrogen and oxygen atoms in total. The van der Waals surface area contributed by atoms with Crippen LogP contribution in [0.3, 0.4) is 0 Å². The molecule has 6 heteroatoms. The molecule has 0 fully saturated rings. The van der Waals surface area contributed by atoms with Crippen molar-refractivity contribution in [3.05, 3.63) is 46.6 Å². The molecular formula is C16H17N3O3. The maximum absolute atomic E-state index is 12.6. The summed E-state index contributed by atoms with van der Waals surface area (Å²) < 4.78 is 5.11. The number of benzene rings is 1. The van der Waals surface area contributed by atoms with Crippen LogP contribution in [0.2, 0.25) is 0 Å². The molecule has 1 aromatic carbocycles. The van der Waals surface area contributed by atoms with Gasteiger partial charge in [0.05, 0.1) is 6.54 Å². The molecule has 22 heavy (non-hydrogen) atoms. The smallest absolute Gasteiger partial charge is 0.254 e. The molecule has 0 N–H and O–H groups in total. The number of nitrogens with zero attached hydrogens (tertiary/aromatic N) is 3. The molecule has 0 saturated heterocycles. The number of amides is 1. The van der Waals surface area contributed by atoms with E-state index in [1.807, 2.05) is 6.92 Å². The number of carbonyl (C=O) groups is 2. The third kappa shape index (κ3) is 2.52. The van der Waals surface area contributed by atoms with Crippen LogP contribution in [0.4, 0.5) is 0 Å². The summed E-state index contributed by atoms with van der Waals surface area (Å²) in [6, 6.07) is 5.31. The van der Waals surface area contributed by atoms with Crippen LogP contribution in [0.15, 0.2) is 22.7 Å². The van der Waals surface area contributed by atoms with Crippen molar-refractivity contribution in [3.63, 3.8) is 0 Å². The Hall–Kier alpha value is -2.50. The molecule has 114 valence electrons. The van der Waals surface area contributed by atoms with E-state index in [9.17, 15) is 9.59 Å². The number of carbonyl (C=O) groups excluding carboxylic acids is 2. The van der Waals surface area contributed by atoms with Crippen molar-refractivity contribution >= 4 is 11.7 Å². The van der Waals surface area contributed by atoms with Gasteiger partial charge in [0, 0.05) is 31.0 Å². The van der Waals surface area contributed by atoms with E-state index in [1.54, 1.807) is 25.2 Å². The normalized spacial score (nSPS) is 13.3. The van der Waals surface area contributed by atoms with Crippen molar-refractivity contribution in [2.75, 3.05) is 7.05 Å². The number of hydrogen-bond acceptors (Lipinski definition) is 5. The first-order valence-corrected chi connectivity index (χ1v) is 7.32. The molecule has 0 unspecified atom stereocenters.